The Kier molecular flexibility index (Phi) is 2.41. The number of benzene rings is 1. The first kappa shape index (κ1) is 13.9. The second kappa shape index (κ2) is 3.80. The summed E-state index contributed by atoms with van der Waals surface area (Å²) in [5.41, 5.74) is 1.28. The lowest BCUT2D eigenvalue weighted by Gasteiger charge is -2.37. The third kappa shape index (κ3) is 1.25. The van der Waals surface area contributed by atoms with Crippen molar-refractivity contribution in [3.8, 4) is 0 Å². The summed E-state index contributed by atoms with van der Waals surface area (Å²) >= 11 is 6.05. The maximum absolute atomic E-state index is 12.2. The van der Waals surface area contributed by atoms with Crippen LogP contribution in [0.25, 0.3) is 11.0 Å². The molecule has 1 aromatic carbocycles. The molecule has 0 spiro atoms. The van der Waals surface area contributed by atoms with Crippen LogP contribution in [0, 0.1) is 5.41 Å². The summed E-state index contributed by atoms with van der Waals surface area (Å²) in [7, 11) is 0. The number of aliphatic carboxylic acids is 1. The number of aromatic nitrogens is 2. The number of hydrogen-bond donors (Lipinski definition) is 1. The Balaban J connectivity index is 2.13. The van der Waals surface area contributed by atoms with Gasteiger partial charge in [0.05, 0.1) is 22.4 Å². The number of rotatable bonds is 1. The van der Waals surface area contributed by atoms with Gasteiger partial charge in [0.15, 0.2) is 0 Å². The number of carboxylic acid groups (broad SMARTS) is 1. The summed E-state index contributed by atoms with van der Waals surface area (Å²) in [6, 6.07) is 5.39. The number of hydrogen-bond acceptors (Lipinski definition) is 3. The maximum Gasteiger partial charge on any atom is 0.316 e. The van der Waals surface area contributed by atoms with E-state index >= 15 is 0 Å². The highest BCUT2D eigenvalue weighted by Gasteiger charge is 2.73. The lowest BCUT2D eigenvalue weighted by atomic mass is 9.64. The van der Waals surface area contributed by atoms with Crippen molar-refractivity contribution >= 4 is 28.6 Å². The van der Waals surface area contributed by atoms with Crippen molar-refractivity contribution in [2.75, 3.05) is 0 Å². The molecule has 4 nitrogen and oxygen atoms in total. The van der Waals surface area contributed by atoms with Gasteiger partial charge in [0.2, 0.25) is 0 Å². The highest BCUT2D eigenvalue weighted by molar-refractivity contribution is 6.31. The molecule has 0 saturated heterocycles. The standard InChI is InChI=1S/C17H17ClN2O2/c1-15(2)16(3)6-7-17(15,14(21)22)13-12(16)19-10-5-4-9(18)8-11(10)20-13/h4-5,8H,6-7H2,1-3H3,(H,21,22)/t16-,17+/m1/s1. The monoisotopic (exact) mass is 316 g/mol. The van der Waals surface area contributed by atoms with Crippen LogP contribution in [0.2, 0.25) is 5.02 Å². The van der Waals surface area contributed by atoms with Gasteiger partial charge in [-0.25, -0.2) is 9.97 Å². The lowest BCUT2D eigenvalue weighted by molar-refractivity contribution is -0.148. The molecule has 2 aromatic rings. The predicted molar refractivity (Wildman–Crippen MR) is 84.2 cm³/mol. The van der Waals surface area contributed by atoms with E-state index in [-0.39, 0.29) is 5.41 Å². The van der Waals surface area contributed by atoms with Gasteiger partial charge in [-0.3, -0.25) is 4.79 Å². The van der Waals surface area contributed by atoms with Crippen LogP contribution in [0.4, 0.5) is 0 Å². The first-order valence-electron chi connectivity index (χ1n) is 7.46. The minimum Gasteiger partial charge on any atom is -0.481 e. The molecule has 1 aromatic heterocycles. The van der Waals surface area contributed by atoms with Crippen LogP contribution in [0.1, 0.15) is 45.0 Å². The van der Waals surface area contributed by atoms with Crippen molar-refractivity contribution in [1.29, 1.82) is 0 Å². The number of carbonyl (C=O) groups is 1. The van der Waals surface area contributed by atoms with E-state index in [2.05, 4.69) is 6.92 Å². The van der Waals surface area contributed by atoms with Crippen LogP contribution in [0.5, 0.6) is 0 Å². The summed E-state index contributed by atoms with van der Waals surface area (Å²) in [5.74, 6) is -0.796. The molecular weight excluding hydrogens is 300 g/mol. The Morgan fingerprint density at radius 3 is 2.50 bits per heavy atom. The van der Waals surface area contributed by atoms with E-state index < -0.39 is 16.8 Å². The Bertz CT molecular complexity index is 848. The van der Waals surface area contributed by atoms with Gasteiger partial charge in [-0.1, -0.05) is 32.4 Å². The summed E-state index contributed by atoms with van der Waals surface area (Å²) in [6.07, 6.45) is 1.44. The molecule has 2 aliphatic carbocycles. The second-order valence-corrected chi connectivity index (χ2v) is 7.66. The molecule has 2 atom stereocenters. The number of nitrogens with zero attached hydrogens (tertiary/aromatic N) is 2. The van der Waals surface area contributed by atoms with Crippen LogP contribution in [0.3, 0.4) is 0 Å². The molecule has 0 aliphatic heterocycles. The van der Waals surface area contributed by atoms with Gasteiger partial charge in [0.25, 0.3) is 0 Å². The molecule has 4 rings (SSSR count). The van der Waals surface area contributed by atoms with E-state index in [4.69, 9.17) is 21.6 Å². The van der Waals surface area contributed by atoms with Crippen LogP contribution >= 0.6 is 11.6 Å². The Morgan fingerprint density at radius 1 is 1.14 bits per heavy atom. The molecule has 1 fully saturated rings. The molecule has 114 valence electrons. The van der Waals surface area contributed by atoms with Crippen molar-refractivity contribution < 1.29 is 9.90 Å². The first-order valence-corrected chi connectivity index (χ1v) is 7.83. The van der Waals surface area contributed by atoms with Crippen molar-refractivity contribution in [3.05, 3.63) is 34.6 Å². The Labute approximate surface area is 133 Å². The molecule has 0 unspecified atom stereocenters. The zero-order chi connectivity index (χ0) is 15.9. The SMILES string of the molecule is CC1(C)[C@]2(C)CC[C@@]1(C(=O)O)c1nc3cc(Cl)ccc3nc12. The topological polar surface area (TPSA) is 63.1 Å². The minimum atomic E-state index is -0.958. The number of carboxylic acids is 1. The zero-order valence-electron chi connectivity index (χ0n) is 12.8. The molecule has 0 amide bonds. The fraction of sp³-hybridized carbons (Fsp3) is 0.471. The van der Waals surface area contributed by atoms with E-state index in [1.54, 1.807) is 12.1 Å². The van der Waals surface area contributed by atoms with Gasteiger partial charge in [-0.05, 0) is 36.5 Å². The molecular formula is C17H17ClN2O2. The highest BCUT2D eigenvalue weighted by atomic mass is 35.5. The smallest absolute Gasteiger partial charge is 0.316 e. The van der Waals surface area contributed by atoms with E-state index in [9.17, 15) is 9.90 Å². The number of halogens is 1. The normalized spacial score (nSPS) is 31.5. The van der Waals surface area contributed by atoms with E-state index in [1.807, 2.05) is 19.9 Å². The summed E-state index contributed by atoms with van der Waals surface area (Å²) in [6.45, 7) is 6.20. The molecule has 1 heterocycles. The molecule has 1 saturated carbocycles. The van der Waals surface area contributed by atoms with Crippen molar-refractivity contribution in [3.63, 3.8) is 0 Å². The summed E-state index contributed by atoms with van der Waals surface area (Å²) in [5, 5.41) is 10.6. The Morgan fingerprint density at radius 2 is 1.82 bits per heavy atom. The average molecular weight is 317 g/mol. The molecule has 0 radical (unpaired) electrons. The molecule has 2 aliphatic rings. The van der Waals surface area contributed by atoms with Gasteiger partial charge < -0.3 is 5.11 Å². The molecule has 5 heteroatoms. The highest BCUT2D eigenvalue weighted by Crippen LogP contribution is 2.70. The van der Waals surface area contributed by atoms with Crippen molar-refractivity contribution in [2.24, 2.45) is 5.41 Å². The largest absolute Gasteiger partial charge is 0.481 e. The van der Waals surface area contributed by atoms with Gasteiger partial charge >= 0.3 is 5.97 Å². The molecule has 22 heavy (non-hydrogen) atoms. The van der Waals surface area contributed by atoms with Crippen molar-refractivity contribution in [1.82, 2.24) is 9.97 Å². The summed E-state index contributed by atoms with van der Waals surface area (Å²) < 4.78 is 0. The average Bonchev–Trinajstić information content (AvgIpc) is 2.74. The van der Waals surface area contributed by atoms with Crippen molar-refractivity contribution in [2.45, 2.75) is 44.4 Å². The molecule has 2 bridgehead atoms. The van der Waals surface area contributed by atoms with Gasteiger partial charge in [-0.15, -0.1) is 0 Å². The maximum atomic E-state index is 12.2. The second-order valence-electron chi connectivity index (χ2n) is 7.22. The van der Waals surface area contributed by atoms with Crippen LogP contribution in [-0.4, -0.2) is 21.0 Å². The fourth-order valence-corrected chi connectivity index (χ4v) is 4.71. The predicted octanol–water partition coefficient (Wildman–Crippen LogP) is 3.70. The van der Waals surface area contributed by atoms with Crippen LogP contribution < -0.4 is 0 Å². The zero-order valence-corrected chi connectivity index (χ0v) is 13.5. The van der Waals surface area contributed by atoms with E-state index in [0.29, 0.717) is 22.7 Å². The van der Waals surface area contributed by atoms with Gasteiger partial charge in [-0.2, -0.15) is 0 Å². The van der Waals surface area contributed by atoms with Gasteiger partial charge in [0.1, 0.15) is 5.41 Å². The third-order valence-electron chi connectivity index (χ3n) is 6.36. The first-order chi connectivity index (χ1) is 10.2. The third-order valence-corrected chi connectivity index (χ3v) is 6.60. The number of fused-ring (bicyclic) bond motifs is 6. The van der Waals surface area contributed by atoms with E-state index in [1.165, 1.54) is 0 Å². The summed E-state index contributed by atoms with van der Waals surface area (Å²) in [4.78, 5) is 21.7. The Hall–Kier alpha value is -1.68. The minimum absolute atomic E-state index is 0.262. The molecule has 1 N–H and O–H groups in total. The van der Waals surface area contributed by atoms with E-state index in [0.717, 1.165) is 17.6 Å². The fourth-order valence-electron chi connectivity index (χ4n) is 4.55. The van der Waals surface area contributed by atoms with Gasteiger partial charge in [0, 0.05) is 10.4 Å². The van der Waals surface area contributed by atoms with Crippen LogP contribution in [0.15, 0.2) is 18.2 Å². The van der Waals surface area contributed by atoms with Crippen LogP contribution in [-0.2, 0) is 15.6 Å². The quantitative estimate of drug-likeness (QED) is 0.871. The lowest BCUT2D eigenvalue weighted by Crippen LogP contribution is -2.45.